The van der Waals surface area contributed by atoms with E-state index in [1.165, 1.54) is 0 Å². The Hall–Kier alpha value is -1.61. The molecule has 1 rings (SSSR count). The molecule has 0 aromatic heterocycles. The second kappa shape index (κ2) is 7.63. The van der Waals surface area contributed by atoms with Gasteiger partial charge in [-0.3, -0.25) is 4.79 Å². The number of ether oxygens (including phenoxy) is 1. The highest BCUT2D eigenvalue weighted by Crippen LogP contribution is 2.16. The molecule has 1 atom stereocenters. The minimum absolute atomic E-state index is 0.185. The van der Waals surface area contributed by atoms with Crippen LogP contribution >= 0.6 is 0 Å². The van der Waals surface area contributed by atoms with Gasteiger partial charge in [0, 0.05) is 13.1 Å². The van der Waals surface area contributed by atoms with Gasteiger partial charge in [0.05, 0.1) is 12.5 Å². The first kappa shape index (κ1) is 13.5. The van der Waals surface area contributed by atoms with Crippen molar-refractivity contribution < 1.29 is 9.53 Å². The predicted octanol–water partition coefficient (Wildman–Crippen LogP) is 2.11. The van der Waals surface area contributed by atoms with Crippen molar-refractivity contribution in [3.63, 3.8) is 0 Å². The standard InChI is InChI=1S/C14H19NO2/c1-3-10-15-11-13(14(16)17-4-2)12-8-6-5-7-9-12/h3,5-9,13,15H,1,4,10-11H2,2H3. The summed E-state index contributed by atoms with van der Waals surface area (Å²) in [5.41, 5.74) is 0.975. The molecule has 3 nitrogen and oxygen atoms in total. The van der Waals surface area contributed by atoms with Crippen molar-refractivity contribution in [1.82, 2.24) is 5.32 Å². The highest BCUT2D eigenvalue weighted by atomic mass is 16.5. The molecule has 0 aliphatic carbocycles. The van der Waals surface area contributed by atoms with E-state index in [1.54, 1.807) is 6.08 Å². The molecule has 0 radical (unpaired) electrons. The topological polar surface area (TPSA) is 38.3 Å². The number of carbonyl (C=O) groups excluding carboxylic acids is 1. The number of carbonyl (C=O) groups is 1. The molecule has 3 heteroatoms. The molecule has 1 N–H and O–H groups in total. The number of benzene rings is 1. The van der Waals surface area contributed by atoms with Crippen molar-refractivity contribution in [2.75, 3.05) is 19.7 Å². The van der Waals surface area contributed by atoms with E-state index >= 15 is 0 Å². The Morgan fingerprint density at radius 1 is 1.47 bits per heavy atom. The second-order valence-electron chi connectivity index (χ2n) is 3.66. The third-order valence-electron chi connectivity index (χ3n) is 2.41. The van der Waals surface area contributed by atoms with Gasteiger partial charge >= 0.3 is 5.97 Å². The zero-order valence-corrected chi connectivity index (χ0v) is 10.2. The molecule has 1 aromatic carbocycles. The molecule has 92 valence electrons. The molecule has 0 saturated carbocycles. The van der Waals surface area contributed by atoms with Crippen LogP contribution in [0.1, 0.15) is 18.4 Å². The van der Waals surface area contributed by atoms with E-state index in [0.717, 1.165) is 5.56 Å². The number of esters is 1. The van der Waals surface area contributed by atoms with Crippen LogP contribution in [0.4, 0.5) is 0 Å². The van der Waals surface area contributed by atoms with Gasteiger partial charge in [-0.05, 0) is 12.5 Å². The fraction of sp³-hybridized carbons (Fsp3) is 0.357. The Labute approximate surface area is 102 Å². The Morgan fingerprint density at radius 3 is 2.76 bits per heavy atom. The van der Waals surface area contributed by atoms with Gasteiger partial charge in [0.15, 0.2) is 0 Å². The molecule has 17 heavy (non-hydrogen) atoms. The first-order valence-corrected chi connectivity index (χ1v) is 5.82. The van der Waals surface area contributed by atoms with Crippen LogP contribution in [0.15, 0.2) is 43.0 Å². The van der Waals surface area contributed by atoms with Crippen LogP contribution in [0, 0.1) is 0 Å². The normalized spacial score (nSPS) is 11.8. The summed E-state index contributed by atoms with van der Waals surface area (Å²) in [5, 5.41) is 3.15. The van der Waals surface area contributed by atoms with Crippen molar-refractivity contribution in [3.8, 4) is 0 Å². The molecular weight excluding hydrogens is 214 g/mol. The lowest BCUT2D eigenvalue weighted by molar-refractivity contribution is -0.144. The van der Waals surface area contributed by atoms with Gasteiger partial charge in [0.1, 0.15) is 0 Å². The molecule has 0 bridgehead atoms. The molecule has 1 unspecified atom stereocenters. The molecule has 0 aliphatic rings. The monoisotopic (exact) mass is 233 g/mol. The van der Waals surface area contributed by atoms with Crippen LogP contribution < -0.4 is 5.32 Å². The molecule has 0 spiro atoms. The van der Waals surface area contributed by atoms with Crippen molar-refractivity contribution in [2.24, 2.45) is 0 Å². The molecule has 0 aliphatic heterocycles. The van der Waals surface area contributed by atoms with Gasteiger partial charge in [-0.25, -0.2) is 0 Å². The highest BCUT2D eigenvalue weighted by Gasteiger charge is 2.20. The Kier molecular flexibility index (Phi) is 6.04. The Bertz CT molecular complexity index is 348. The summed E-state index contributed by atoms with van der Waals surface area (Å²) in [7, 11) is 0. The maximum absolute atomic E-state index is 11.8. The van der Waals surface area contributed by atoms with Crippen molar-refractivity contribution >= 4 is 5.97 Å². The number of hydrogen-bond acceptors (Lipinski definition) is 3. The van der Waals surface area contributed by atoms with E-state index in [9.17, 15) is 4.79 Å². The van der Waals surface area contributed by atoms with Gasteiger partial charge in [-0.1, -0.05) is 36.4 Å². The van der Waals surface area contributed by atoms with Crippen LogP contribution in [-0.2, 0) is 9.53 Å². The SMILES string of the molecule is C=CCNCC(C(=O)OCC)c1ccccc1. The third-order valence-corrected chi connectivity index (χ3v) is 2.41. The van der Waals surface area contributed by atoms with E-state index < -0.39 is 0 Å². The summed E-state index contributed by atoms with van der Waals surface area (Å²) >= 11 is 0. The molecule has 0 fully saturated rings. The number of nitrogens with one attached hydrogen (secondary N) is 1. The van der Waals surface area contributed by atoms with Crippen LogP contribution in [0.3, 0.4) is 0 Å². The van der Waals surface area contributed by atoms with E-state index in [2.05, 4.69) is 11.9 Å². The van der Waals surface area contributed by atoms with Gasteiger partial charge in [-0.2, -0.15) is 0 Å². The van der Waals surface area contributed by atoms with E-state index in [-0.39, 0.29) is 11.9 Å². The summed E-state index contributed by atoms with van der Waals surface area (Å²) in [5.74, 6) is -0.439. The summed E-state index contributed by atoms with van der Waals surface area (Å²) in [4.78, 5) is 11.8. The van der Waals surface area contributed by atoms with Crippen molar-refractivity contribution in [3.05, 3.63) is 48.6 Å². The zero-order chi connectivity index (χ0) is 12.5. The van der Waals surface area contributed by atoms with Crippen LogP contribution in [0.25, 0.3) is 0 Å². The number of hydrogen-bond donors (Lipinski definition) is 1. The Morgan fingerprint density at radius 2 is 2.18 bits per heavy atom. The van der Waals surface area contributed by atoms with Gasteiger partial charge in [0.2, 0.25) is 0 Å². The maximum atomic E-state index is 11.8. The van der Waals surface area contributed by atoms with Crippen LogP contribution in [0.5, 0.6) is 0 Å². The smallest absolute Gasteiger partial charge is 0.314 e. The van der Waals surface area contributed by atoms with Gasteiger partial charge < -0.3 is 10.1 Å². The van der Waals surface area contributed by atoms with Crippen molar-refractivity contribution in [1.29, 1.82) is 0 Å². The lowest BCUT2D eigenvalue weighted by Crippen LogP contribution is -2.28. The minimum Gasteiger partial charge on any atom is -0.465 e. The first-order chi connectivity index (χ1) is 8.29. The maximum Gasteiger partial charge on any atom is 0.314 e. The predicted molar refractivity (Wildman–Crippen MR) is 68.9 cm³/mol. The van der Waals surface area contributed by atoms with Crippen molar-refractivity contribution in [2.45, 2.75) is 12.8 Å². The van der Waals surface area contributed by atoms with E-state index in [1.807, 2.05) is 37.3 Å². The van der Waals surface area contributed by atoms with Gasteiger partial charge in [-0.15, -0.1) is 6.58 Å². The first-order valence-electron chi connectivity index (χ1n) is 5.82. The lowest BCUT2D eigenvalue weighted by Gasteiger charge is -2.16. The van der Waals surface area contributed by atoms with Gasteiger partial charge in [0.25, 0.3) is 0 Å². The summed E-state index contributed by atoms with van der Waals surface area (Å²) in [6, 6.07) is 9.67. The largest absolute Gasteiger partial charge is 0.465 e. The average Bonchev–Trinajstić information content (AvgIpc) is 2.36. The fourth-order valence-electron chi connectivity index (χ4n) is 1.60. The quantitative estimate of drug-likeness (QED) is 0.445. The zero-order valence-electron chi connectivity index (χ0n) is 10.2. The molecule has 1 aromatic rings. The van der Waals surface area contributed by atoms with E-state index in [4.69, 9.17) is 4.74 Å². The fourth-order valence-corrected chi connectivity index (χ4v) is 1.60. The molecular formula is C14H19NO2. The summed E-state index contributed by atoms with van der Waals surface area (Å²) in [6.07, 6.45) is 1.77. The second-order valence-corrected chi connectivity index (χ2v) is 3.66. The summed E-state index contributed by atoms with van der Waals surface area (Å²) in [6.45, 7) is 7.10. The van der Waals surface area contributed by atoms with E-state index in [0.29, 0.717) is 19.7 Å². The molecule has 0 heterocycles. The van der Waals surface area contributed by atoms with Crippen LogP contribution in [0.2, 0.25) is 0 Å². The third kappa shape index (κ3) is 4.41. The van der Waals surface area contributed by atoms with Crippen LogP contribution in [-0.4, -0.2) is 25.7 Å². The summed E-state index contributed by atoms with van der Waals surface area (Å²) < 4.78 is 5.08. The average molecular weight is 233 g/mol. The molecule has 0 saturated heterocycles. The Balaban J connectivity index is 2.71. The highest BCUT2D eigenvalue weighted by molar-refractivity contribution is 5.78. The lowest BCUT2D eigenvalue weighted by atomic mass is 9.99. The molecule has 0 amide bonds. The number of rotatable bonds is 7. The minimum atomic E-state index is -0.254.